The fourth-order valence-corrected chi connectivity index (χ4v) is 3.11. The third kappa shape index (κ3) is 3.53. The van der Waals surface area contributed by atoms with E-state index in [-0.39, 0.29) is 11.4 Å². The van der Waals surface area contributed by atoms with Crippen LogP contribution in [0.4, 0.5) is 5.69 Å². The van der Waals surface area contributed by atoms with Gasteiger partial charge in [-0.05, 0) is 51.3 Å². The number of nitrogens with two attached hydrogens (primary N) is 1. The van der Waals surface area contributed by atoms with Crippen molar-refractivity contribution in [3.63, 3.8) is 0 Å². The summed E-state index contributed by atoms with van der Waals surface area (Å²) in [6.45, 7) is 5.74. The molecule has 20 heavy (non-hydrogen) atoms. The Kier molecular flexibility index (Phi) is 4.07. The lowest BCUT2D eigenvalue weighted by Gasteiger charge is -2.30. The summed E-state index contributed by atoms with van der Waals surface area (Å²) in [5.41, 5.74) is 7.26. The van der Waals surface area contributed by atoms with Crippen LogP contribution in [-0.4, -0.2) is 11.6 Å². The zero-order valence-electron chi connectivity index (χ0n) is 12.7. The minimum absolute atomic E-state index is 0.0595. The van der Waals surface area contributed by atoms with E-state index in [0.29, 0.717) is 6.42 Å². The van der Waals surface area contributed by atoms with Gasteiger partial charge in [0.2, 0.25) is 0 Å². The number of hydrogen-bond acceptors (Lipinski definition) is 3. The Morgan fingerprint density at radius 3 is 2.25 bits per heavy atom. The van der Waals surface area contributed by atoms with E-state index in [1.54, 1.807) is 0 Å². The van der Waals surface area contributed by atoms with Crippen LogP contribution in [0.5, 0.6) is 0 Å². The SMILES string of the molecule is CC(C)(C)OC(=O)CC1(c2ccc(N)cc2)CCCC1. The summed E-state index contributed by atoms with van der Waals surface area (Å²) in [7, 11) is 0. The normalized spacial score (nSPS) is 17.9. The van der Waals surface area contributed by atoms with Gasteiger partial charge in [0.1, 0.15) is 5.60 Å². The van der Waals surface area contributed by atoms with Crippen LogP contribution in [0.25, 0.3) is 0 Å². The third-order valence-electron chi connectivity index (χ3n) is 3.99. The standard InChI is InChI=1S/C17H25NO2/c1-16(2,3)20-15(19)12-17(10-4-5-11-17)13-6-8-14(18)9-7-13/h6-9H,4-5,10-12,18H2,1-3H3. The second kappa shape index (κ2) is 5.47. The monoisotopic (exact) mass is 275 g/mol. The summed E-state index contributed by atoms with van der Waals surface area (Å²) in [4.78, 5) is 12.2. The van der Waals surface area contributed by atoms with Crippen LogP contribution in [0, 0.1) is 0 Å². The molecule has 1 aliphatic carbocycles. The summed E-state index contributed by atoms with van der Waals surface area (Å²) in [6, 6.07) is 7.96. The highest BCUT2D eigenvalue weighted by atomic mass is 16.6. The van der Waals surface area contributed by atoms with Gasteiger partial charge in [-0.15, -0.1) is 0 Å². The molecule has 110 valence electrons. The first-order valence-corrected chi connectivity index (χ1v) is 7.39. The smallest absolute Gasteiger partial charge is 0.307 e. The maximum Gasteiger partial charge on any atom is 0.307 e. The minimum atomic E-state index is -0.419. The molecular weight excluding hydrogens is 250 g/mol. The van der Waals surface area contributed by atoms with Crippen molar-refractivity contribution in [3.8, 4) is 0 Å². The topological polar surface area (TPSA) is 52.3 Å². The van der Waals surface area contributed by atoms with Crippen molar-refractivity contribution in [3.05, 3.63) is 29.8 Å². The molecule has 0 heterocycles. The van der Waals surface area contributed by atoms with Gasteiger partial charge in [0.15, 0.2) is 0 Å². The van der Waals surface area contributed by atoms with Crippen molar-refractivity contribution >= 4 is 11.7 Å². The average Bonchev–Trinajstić information content (AvgIpc) is 2.76. The van der Waals surface area contributed by atoms with Gasteiger partial charge in [0.25, 0.3) is 0 Å². The van der Waals surface area contributed by atoms with E-state index in [1.165, 1.54) is 18.4 Å². The van der Waals surface area contributed by atoms with E-state index in [0.717, 1.165) is 18.5 Å². The molecule has 0 amide bonds. The fourth-order valence-electron chi connectivity index (χ4n) is 3.11. The van der Waals surface area contributed by atoms with E-state index in [4.69, 9.17) is 10.5 Å². The Morgan fingerprint density at radius 2 is 1.75 bits per heavy atom. The Hall–Kier alpha value is -1.51. The van der Waals surface area contributed by atoms with Crippen molar-refractivity contribution in [1.29, 1.82) is 0 Å². The number of ether oxygens (including phenoxy) is 1. The molecule has 3 nitrogen and oxygen atoms in total. The van der Waals surface area contributed by atoms with Gasteiger partial charge in [-0.3, -0.25) is 4.79 Å². The number of carbonyl (C=O) groups is 1. The number of esters is 1. The average molecular weight is 275 g/mol. The van der Waals surface area contributed by atoms with Crippen molar-refractivity contribution < 1.29 is 9.53 Å². The number of anilines is 1. The van der Waals surface area contributed by atoms with Gasteiger partial charge in [-0.2, -0.15) is 0 Å². The van der Waals surface area contributed by atoms with Gasteiger partial charge in [0.05, 0.1) is 6.42 Å². The highest BCUT2D eigenvalue weighted by Crippen LogP contribution is 2.44. The Morgan fingerprint density at radius 1 is 1.20 bits per heavy atom. The van der Waals surface area contributed by atoms with E-state index >= 15 is 0 Å². The highest BCUT2D eigenvalue weighted by Gasteiger charge is 2.38. The van der Waals surface area contributed by atoms with Crippen LogP contribution in [-0.2, 0) is 14.9 Å². The largest absolute Gasteiger partial charge is 0.460 e. The zero-order valence-corrected chi connectivity index (χ0v) is 12.7. The maximum atomic E-state index is 12.2. The molecule has 0 aromatic heterocycles. The minimum Gasteiger partial charge on any atom is -0.460 e. The van der Waals surface area contributed by atoms with E-state index in [1.807, 2.05) is 32.9 Å². The number of carbonyl (C=O) groups excluding carboxylic acids is 1. The van der Waals surface area contributed by atoms with Crippen LogP contribution in [0.1, 0.15) is 58.4 Å². The maximum absolute atomic E-state index is 12.2. The van der Waals surface area contributed by atoms with Crippen molar-refractivity contribution in [2.75, 3.05) is 5.73 Å². The molecule has 0 atom stereocenters. The van der Waals surface area contributed by atoms with Gasteiger partial charge >= 0.3 is 5.97 Å². The zero-order chi connectivity index (χ0) is 14.8. The summed E-state index contributed by atoms with van der Waals surface area (Å²) in [5.74, 6) is -0.101. The summed E-state index contributed by atoms with van der Waals surface area (Å²) in [5, 5.41) is 0. The molecule has 0 radical (unpaired) electrons. The van der Waals surface area contributed by atoms with Gasteiger partial charge in [-0.25, -0.2) is 0 Å². The first kappa shape index (κ1) is 14.9. The molecule has 0 bridgehead atoms. The molecule has 0 aliphatic heterocycles. The second-order valence-corrected chi connectivity index (χ2v) is 6.87. The predicted octanol–water partition coefficient (Wildman–Crippen LogP) is 3.81. The van der Waals surface area contributed by atoms with Crippen molar-refractivity contribution in [2.24, 2.45) is 0 Å². The van der Waals surface area contributed by atoms with Crippen LogP contribution in [0.15, 0.2) is 24.3 Å². The molecule has 1 aromatic rings. The van der Waals surface area contributed by atoms with Crippen molar-refractivity contribution in [2.45, 2.75) is 63.9 Å². The van der Waals surface area contributed by atoms with Gasteiger partial charge in [0, 0.05) is 11.1 Å². The van der Waals surface area contributed by atoms with Crippen LogP contribution in [0.3, 0.4) is 0 Å². The molecule has 1 aliphatic rings. The number of benzene rings is 1. The Balaban J connectivity index is 2.18. The quantitative estimate of drug-likeness (QED) is 0.674. The summed E-state index contributed by atoms with van der Waals surface area (Å²) >= 11 is 0. The molecule has 0 unspecified atom stereocenters. The molecule has 2 rings (SSSR count). The lowest BCUT2D eigenvalue weighted by Crippen LogP contribution is -2.31. The number of rotatable bonds is 3. The van der Waals surface area contributed by atoms with E-state index in [9.17, 15) is 4.79 Å². The van der Waals surface area contributed by atoms with Crippen molar-refractivity contribution in [1.82, 2.24) is 0 Å². The molecular formula is C17H25NO2. The number of hydrogen-bond donors (Lipinski definition) is 1. The second-order valence-electron chi connectivity index (χ2n) is 6.87. The Bertz CT molecular complexity index is 465. The fraction of sp³-hybridized carbons (Fsp3) is 0.588. The molecule has 0 saturated heterocycles. The van der Waals surface area contributed by atoms with E-state index < -0.39 is 5.60 Å². The molecule has 1 aromatic carbocycles. The summed E-state index contributed by atoms with van der Waals surface area (Å²) < 4.78 is 5.51. The Labute approximate surface area is 121 Å². The molecule has 3 heteroatoms. The molecule has 2 N–H and O–H groups in total. The summed E-state index contributed by atoms with van der Waals surface area (Å²) in [6.07, 6.45) is 4.92. The first-order valence-electron chi connectivity index (χ1n) is 7.39. The van der Waals surface area contributed by atoms with Gasteiger partial charge < -0.3 is 10.5 Å². The first-order chi connectivity index (χ1) is 9.31. The van der Waals surface area contributed by atoms with Crippen LogP contribution in [0.2, 0.25) is 0 Å². The van der Waals surface area contributed by atoms with E-state index in [2.05, 4.69) is 12.1 Å². The van der Waals surface area contributed by atoms with Crippen LogP contribution >= 0.6 is 0 Å². The number of nitrogen functional groups attached to an aromatic ring is 1. The molecule has 1 saturated carbocycles. The molecule has 1 fully saturated rings. The van der Waals surface area contributed by atoms with Crippen LogP contribution < -0.4 is 5.73 Å². The highest BCUT2D eigenvalue weighted by molar-refractivity contribution is 5.72. The third-order valence-corrected chi connectivity index (χ3v) is 3.99. The lowest BCUT2D eigenvalue weighted by molar-refractivity contribution is -0.156. The lowest BCUT2D eigenvalue weighted by atomic mass is 9.76. The predicted molar refractivity (Wildman–Crippen MR) is 81.5 cm³/mol. The van der Waals surface area contributed by atoms with Gasteiger partial charge in [-0.1, -0.05) is 25.0 Å². The molecule has 0 spiro atoms.